The van der Waals surface area contributed by atoms with Gasteiger partial charge in [-0.3, -0.25) is 4.79 Å². The van der Waals surface area contributed by atoms with Crippen LogP contribution in [0.3, 0.4) is 0 Å². The zero-order valence-corrected chi connectivity index (χ0v) is 9.37. The summed E-state index contributed by atoms with van der Waals surface area (Å²) in [6, 6.07) is 0.249. The number of amides is 1. The van der Waals surface area contributed by atoms with E-state index in [1.807, 2.05) is 0 Å². The lowest BCUT2D eigenvalue weighted by Gasteiger charge is -2.25. The highest BCUT2D eigenvalue weighted by Crippen LogP contribution is 2.33. The highest BCUT2D eigenvalue weighted by molar-refractivity contribution is 5.76. The molecule has 0 aromatic carbocycles. The lowest BCUT2D eigenvalue weighted by molar-refractivity contribution is -0.122. The van der Waals surface area contributed by atoms with Crippen molar-refractivity contribution in [1.29, 1.82) is 0 Å². The first-order valence-electron chi connectivity index (χ1n) is 6.29. The summed E-state index contributed by atoms with van der Waals surface area (Å²) in [5.41, 5.74) is 5.64. The fraction of sp³-hybridized carbons (Fsp3) is 0.917. The monoisotopic (exact) mass is 210 g/mol. The van der Waals surface area contributed by atoms with Crippen LogP contribution in [0.1, 0.15) is 44.9 Å². The molecular weight excluding hydrogens is 188 g/mol. The second kappa shape index (κ2) is 4.97. The van der Waals surface area contributed by atoms with Gasteiger partial charge in [-0.15, -0.1) is 0 Å². The van der Waals surface area contributed by atoms with Crippen molar-refractivity contribution in [3.8, 4) is 0 Å². The molecule has 0 bridgehead atoms. The zero-order chi connectivity index (χ0) is 10.7. The van der Waals surface area contributed by atoms with Gasteiger partial charge in [-0.2, -0.15) is 0 Å². The molecule has 2 fully saturated rings. The van der Waals surface area contributed by atoms with E-state index in [1.165, 1.54) is 32.1 Å². The van der Waals surface area contributed by atoms with Gasteiger partial charge in [0.1, 0.15) is 0 Å². The van der Waals surface area contributed by atoms with Gasteiger partial charge in [0.2, 0.25) is 5.91 Å². The number of nitrogens with one attached hydrogen (secondary N) is 1. The van der Waals surface area contributed by atoms with E-state index in [0.717, 1.165) is 12.3 Å². The van der Waals surface area contributed by atoms with Crippen LogP contribution in [0, 0.1) is 11.8 Å². The molecule has 0 aromatic heterocycles. The Balaban J connectivity index is 1.61. The molecule has 1 amide bonds. The van der Waals surface area contributed by atoms with Crippen LogP contribution in [-0.2, 0) is 4.79 Å². The van der Waals surface area contributed by atoms with Crippen LogP contribution in [0.5, 0.6) is 0 Å². The van der Waals surface area contributed by atoms with Crippen LogP contribution in [0.2, 0.25) is 0 Å². The molecule has 3 nitrogen and oxygen atoms in total. The Hall–Kier alpha value is -0.570. The maximum absolute atomic E-state index is 11.6. The van der Waals surface area contributed by atoms with Crippen molar-refractivity contribution in [2.75, 3.05) is 6.54 Å². The molecule has 3 heteroatoms. The van der Waals surface area contributed by atoms with Gasteiger partial charge in [0, 0.05) is 19.0 Å². The number of hydrogen-bond donors (Lipinski definition) is 2. The molecule has 0 spiro atoms. The Labute approximate surface area is 91.8 Å². The topological polar surface area (TPSA) is 55.1 Å². The fourth-order valence-electron chi connectivity index (χ4n) is 2.26. The van der Waals surface area contributed by atoms with Gasteiger partial charge >= 0.3 is 0 Å². The summed E-state index contributed by atoms with van der Waals surface area (Å²) in [5.74, 6) is 1.71. The number of nitrogens with two attached hydrogens (primary N) is 1. The third kappa shape index (κ3) is 3.20. The van der Waals surface area contributed by atoms with Crippen molar-refractivity contribution in [3.63, 3.8) is 0 Å². The Morgan fingerprint density at radius 2 is 2.07 bits per heavy atom. The van der Waals surface area contributed by atoms with Crippen LogP contribution >= 0.6 is 0 Å². The maximum Gasteiger partial charge on any atom is 0.220 e. The molecule has 0 aromatic rings. The summed E-state index contributed by atoms with van der Waals surface area (Å²) in [6.45, 7) is 0.597. The fourth-order valence-corrected chi connectivity index (χ4v) is 2.26. The summed E-state index contributed by atoms with van der Waals surface area (Å²) in [5, 5.41) is 3.07. The van der Waals surface area contributed by atoms with E-state index in [9.17, 15) is 4.79 Å². The number of rotatable bonds is 6. The van der Waals surface area contributed by atoms with Crippen molar-refractivity contribution in [1.82, 2.24) is 5.32 Å². The Bertz CT molecular complexity index is 222. The number of carbonyl (C=O) groups excluding carboxylic acids is 1. The van der Waals surface area contributed by atoms with E-state index in [2.05, 4.69) is 5.32 Å². The van der Waals surface area contributed by atoms with Gasteiger partial charge in [0.05, 0.1) is 0 Å². The predicted molar refractivity (Wildman–Crippen MR) is 60.3 cm³/mol. The molecule has 0 radical (unpaired) electrons. The average molecular weight is 210 g/mol. The largest absolute Gasteiger partial charge is 0.352 e. The highest BCUT2D eigenvalue weighted by atomic mass is 16.1. The van der Waals surface area contributed by atoms with Gasteiger partial charge in [-0.05, 0) is 31.1 Å². The first-order valence-corrected chi connectivity index (χ1v) is 6.29. The van der Waals surface area contributed by atoms with Crippen LogP contribution in [0.15, 0.2) is 0 Å². The van der Waals surface area contributed by atoms with E-state index in [-0.39, 0.29) is 11.9 Å². The Morgan fingerprint density at radius 1 is 1.33 bits per heavy atom. The first kappa shape index (κ1) is 10.9. The molecule has 1 unspecified atom stereocenters. The third-order valence-corrected chi connectivity index (χ3v) is 3.80. The van der Waals surface area contributed by atoms with Crippen molar-refractivity contribution in [2.24, 2.45) is 17.6 Å². The van der Waals surface area contributed by atoms with E-state index >= 15 is 0 Å². The van der Waals surface area contributed by atoms with Crippen LogP contribution < -0.4 is 11.1 Å². The third-order valence-electron chi connectivity index (χ3n) is 3.80. The van der Waals surface area contributed by atoms with Gasteiger partial charge < -0.3 is 11.1 Å². The molecule has 2 saturated carbocycles. The van der Waals surface area contributed by atoms with E-state index in [4.69, 9.17) is 5.73 Å². The summed E-state index contributed by atoms with van der Waals surface area (Å²) in [4.78, 5) is 11.6. The number of hydrogen-bond acceptors (Lipinski definition) is 2. The second-order valence-corrected chi connectivity index (χ2v) is 5.08. The van der Waals surface area contributed by atoms with Gasteiger partial charge in [0.25, 0.3) is 0 Å². The van der Waals surface area contributed by atoms with Crippen LogP contribution in [0.25, 0.3) is 0 Å². The maximum atomic E-state index is 11.6. The SMILES string of the molecule is NCC(NC(=O)CCC1CCC1)C1CC1. The predicted octanol–water partition coefficient (Wildman–Crippen LogP) is 1.42. The minimum absolute atomic E-state index is 0.212. The van der Waals surface area contributed by atoms with Crippen molar-refractivity contribution in [3.05, 3.63) is 0 Å². The molecule has 3 N–H and O–H groups in total. The molecular formula is C12H22N2O. The van der Waals surface area contributed by atoms with Crippen molar-refractivity contribution in [2.45, 2.75) is 51.0 Å². The smallest absolute Gasteiger partial charge is 0.220 e. The lowest BCUT2D eigenvalue weighted by atomic mass is 9.82. The molecule has 2 aliphatic carbocycles. The van der Waals surface area contributed by atoms with Gasteiger partial charge in [-0.25, -0.2) is 0 Å². The molecule has 0 aliphatic heterocycles. The molecule has 2 aliphatic rings. The van der Waals surface area contributed by atoms with Crippen LogP contribution in [0.4, 0.5) is 0 Å². The standard InChI is InChI=1S/C12H22N2O/c13-8-11(10-5-6-10)14-12(15)7-4-9-2-1-3-9/h9-11H,1-8,13H2,(H,14,15). The molecule has 2 rings (SSSR count). The summed E-state index contributed by atoms with van der Waals surface area (Å²) < 4.78 is 0. The van der Waals surface area contributed by atoms with Gasteiger partial charge in [-0.1, -0.05) is 19.3 Å². The molecule has 0 saturated heterocycles. The van der Waals surface area contributed by atoms with E-state index in [1.54, 1.807) is 0 Å². The van der Waals surface area contributed by atoms with Gasteiger partial charge in [0.15, 0.2) is 0 Å². The van der Waals surface area contributed by atoms with E-state index < -0.39 is 0 Å². The Morgan fingerprint density at radius 3 is 2.53 bits per heavy atom. The van der Waals surface area contributed by atoms with Crippen molar-refractivity contribution >= 4 is 5.91 Å². The average Bonchev–Trinajstić information content (AvgIpc) is 2.95. The Kier molecular flexibility index (Phi) is 3.62. The summed E-state index contributed by atoms with van der Waals surface area (Å²) in [6.07, 6.45) is 8.28. The molecule has 1 atom stereocenters. The van der Waals surface area contributed by atoms with Crippen molar-refractivity contribution < 1.29 is 4.79 Å². The lowest BCUT2D eigenvalue weighted by Crippen LogP contribution is -2.41. The molecule has 15 heavy (non-hydrogen) atoms. The molecule has 86 valence electrons. The quantitative estimate of drug-likeness (QED) is 0.696. The molecule has 0 heterocycles. The minimum Gasteiger partial charge on any atom is -0.352 e. The second-order valence-electron chi connectivity index (χ2n) is 5.08. The normalized spacial score (nSPS) is 23.3. The minimum atomic E-state index is 0.212. The highest BCUT2D eigenvalue weighted by Gasteiger charge is 2.31. The summed E-state index contributed by atoms with van der Waals surface area (Å²) in [7, 11) is 0. The van der Waals surface area contributed by atoms with Crippen LogP contribution in [-0.4, -0.2) is 18.5 Å². The summed E-state index contributed by atoms with van der Waals surface area (Å²) >= 11 is 0. The number of carbonyl (C=O) groups is 1. The zero-order valence-electron chi connectivity index (χ0n) is 9.37. The first-order chi connectivity index (χ1) is 7.29. The van der Waals surface area contributed by atoms with E-state index in [0.29, 0.717) is 18.9 Å².